The Labute approximate surface area is 226 Å². The van der Waals surface area contributed by atoms with E-state index in [1.807, 2.05) is 0 Å². The van der Waals surface area contributed by atoms with Gasteiger partial charge in [0.2, 0.25) is 0 Å². The fourth-order valence-electron chi connectivity index (χ4n) is 3.48. The Morgan fingerprint density at radius 2 is 1.76 bits per heavy atom. The number of nitrogens with zero attached hydrogens (tertiary/aromatic N) is 1. The van der Waals surface area contributed by atoms with Gasteiger partial charge < -0.3 is 10.1 Å². The SMILES string of the molecule is Cc1ccc(Cl)cc1N1C(=O)NC(=O)/C(=C\c2ccc(OCC(=O)Nc3ccccc3Cl)c(Cl)c2)C1=O. The van der Waals surface area contributed by atoms with Gasteiger partial charge in [-0.15, -0.1) is 0 Å². The van der Waals surface area contributed by atoms with Crippen LogP contribution in [-0.2, 0) is 14.4 Å². The van der Waals surface area contributed by atoms with Crippen LogP contribution in [0.15, 0.2) is 66.2 Å². The van der Waals surface area contributed by atoms with Gasteiger partial charge >= 0.3 is 6.03 Å². The Hall–Kier alpha value is -3.85. The van der Waals surface area contributed by atoms with Crippen LogP contribution in [0, 0.1) is 6.92 Å². The van der Waals surface area contributed by atoms with E-state index >= 15 is 0 Å². The quantitative estimate of drug-likeness (QED) is 0.301. The lowest BCUT2D eigenvalue weighted by Gasteiger charge is -2.27. The van der Waals surface area contributed by atoms with Crippen molar-refractivity contribution in [3.63, 3.8) is 0 Å². The van der Waals surface area contributed by atoms with Gasteiger partial charge in [-0.2, -0.15) is 0 Å². The molecule has 4 rings (SSSR count). The molecule has 8 nitrogen and oxygen atoms in total. The number of hydrogen-bond donors (Lipinski definition) is 2. The van der Waals surface area contributed by atoms with Crippen LogP contribution in [0.1, 0.15) is 11.1 Å². The molecule has 0 radical (unpaired) electrons. The van der Waals surface area contributed by atoms with Gasteiger partial charge in [0.15, 0.2) is 6.61 Å². The topological polar surface area (TPSA) is 105 Å². The minimum absolute atomic E-state index is 0.141. The first kappa shape index (κ1) is 26.2. The van der Waals surface area contributed by atoms with E-state index < -0.39 is 23.8 Å². The van der Waals surface area contributed by atoms with E-state index in [9.17, 15) is 19.2 Å². The Morgan fingerprint density at radius 1 is 1.00 bits per heavy atom. The number of halogens is 3. The number of imide groups is 2. The zero-order chi connectivity index (χ0) is 26.7. The molecule has 11 heteroatoms. The van der Waals surface area contributed by atoms with E-state index in [1.165, 1.54) is 24.3 Å². The monoisotopic (exact) mass is 557 g/mol. The zero-order valence-electron chi connectivity index (χ0n) is 19.2. The highest BCUT2D eigenvalue weighted by atomic mass is 35.5. The van der Waals surface area contributed by atoms with Crippen LogP contribution in [-0.4, -0.2) is 30.4 Å². The van der Waals surface area contributed by atoms with E-state index in [-0.39, 0.29) is 28.6 Å². The maximum Gasteiger partial charge on any atom is 0.335 e. The molecule has 188 valence electrons. The maximum atomic E-state index is 13.1. The van der Waals surface area contributed by atoms with Crippen LogP contribution in [0.2, 0.25) is 15.1 Å². The fourth-order valence-corrected chi connectivity index (χ4v) is 4.08. The van der Waals surface area contributed by atoms with Crippen LogP contribution < -0.4 is 20.3 Å². The van der Waals surface area contributed by atoms with E-state index in [0.29, 0.717) is 26.9 Å². The standard InChI is InChI=1S/C26H18Cl3N3O5/c1-14-6-8-16(27)12-21(14)32-25(35)17(24(34)31-26(32)36)10-15-7-9-22(19(29)11-15)37-13-23(33)30-20-5-3-2-4-18(20)28/h2-12H,13H2,1H3,(H,30,33)(H,31,34,36)/b17-10+. The highest BCUT2D eigenvalue weighted by Gasteiger charge is 2.37. The second-order valence-electron chi connectivity index (χ2n) is 7.90. The number of benzene rings is 3. The molecule has 37 heavy (non-hydrogen) atoms. The molecule has 0 unspecified atom stereocenters. The third-order valence-corrected chi connectivity index (χ3v) is 6.15. The van der Waals surface area contributed by atoms with Gasteiger partial charge in [-0.25, -0.2) is 9.69 Å². The van der Waals surface area contributed by atoms with Crippen molar-refractivity contribution in [2.75, 3.05) is 16.8 Å². The highest BCUT2D eigenvalue weighted by molar-refractivity contribution is 6.40. The van der Waals surface area contributed by atoms with Gasteiger partial charge in [0, 0.05) is 5.02 Å². The normalized spacial score (nSPS) is 14.5. The minimum atomic E-state index is -0.880. The summed E-state index contributed by atoms with van der Waals surface area (Å²) in [6, 6.07) is 15.1. The van der Waals surface area contributed by atoms with Crippen molar-refractivity contribution in [3.8, 4) is 5.75 Å². The fraction of sp³-hybridized carbons (Fsp3) is 0.0769. The lowest BCUT2D eigenvalue weighted by atomic mass is 10.1. The Kier molecular flexibility index (Phi) is 7.83. The molecular formula is C26H18Cl3N3O5. The van der Waals surface area contributed by atoms with Gasteiger partial charge in [-0.3, -0.25) is 19.7 Å². The van der Waals surface area contributed by atoms with Crippen LogP contribution in [0.25, 0.3) is 6.08 Å². The molecule has 1 heterocycles. The van der Waals surface area contributed by atoms with Crippen molar-refractivity contribution in [1.29, 1.82) is 0 Å². The predicted molar refractivity (Wildman–Crippen MR) is 142 cm³/mol. The summed E-state index contributed by atoms with van der Waals surface area (Å²) in [5.41, 5.74) is 1.44. The summed E-state index contributed by atoms with van der Waals surface area (Å²) >= 11 is 18.4. The summed E-state index contributed by atoms with van der Waals surface area (Å²) < 4.78 is 5.49. The molecule has 5 amide bonds. The zero-order valence-corrected chi connectivity index (χ0v) is 21.4. The first-order valence-electron chi connectivity index (χ1n) is 10.8. The van der Waals surface area contributed by atoms with Crippen molar-refractivity contribution in [3.05, 3.63) is 92.4 Å². The summed E-state index contributed by atoms with van der Waals surface area (Å²) in [4.78, 5) is 51.1. The van der Waals surface area contributed by atoms with E-state index in [1.54, 1.807) is 49.4 Å². The third kappa shape index (κ3) is 5.94. The molecule has 1 fully saturated rings. The first-order valence-corrected chi connectivity index (χ1v) is 11.9. The molecule has 0 aromatic heterocycles. The first-order chi connectivity index (χ1) is 17.6. The van der Waals surface area contributed by atoms with Crippen LogP contribution in [0.3, 0.4) is 0 Å². The number of aryl methyl sites for hydroxylation is 1. The molecule has 2 N–H and O–H groups in total. The molecule has 0 spiro atoms. The number of barbiturate groups is 1. The molecule has 1 saturated heterocycles. The number of carbonyl (C=O) groups is 4. The Morgan fingerprint density at radius 3 is 2.49 bits per heavy atom. The maximum absolute atomic E-state index is 13.1. The summed E-state index contributed by atoms with van der Waals surface area (Å²) in [6.45, 7) is 1.38. The molecule has 0 saturated carbocycles. The lowest BCUT2D eigenvalue weighted by Crippen LogP contribution is -2.54. The van der Waals surface area contributed by atoms with Gasteiger partial charge in [-0.1, -0.05) is 59.1 Å². The largest absolute Gasteiger partial charge is 0.482 e. The van der Waals surface area contributed by atoms with E-state index in [2.05, 4.69) is 10.6 Å². The molecule has 1 aliphatic rings. The summed E-state index contributed by atoms with van der Waals surface area (Å²) in [6.07, 6.45) is 1.30. The molecular weight excluding hydrogens is 541 g/mol. The number of carbonyl (C=O) groups excluding carboxylic acids is 4. The minimum Gasteiger partial charge on any atom is -0.482 e. The van der Waals surface area contributed by atoms with Gasteiger partial charge in [0.25, 0.3) is 17.7 Å². The summed E-state index contributed by atoms with van der Waals surface area (Å²) in [7, 11) is 0. The summed E-state index contributed by atoms with van der Waals surface area (Å²) in [5, 5.41) is 5.65. The number of nitrogens with one attached hydrogen (secondary N) is 2. The van der Waals surface area contributed by atoms with Crippen molar-refractivity contribution >= 4 is 76.0 Å². The van der Waals surface area contributed by atoms with Crippen LogP contribution in [0.5, 0.6) is 5.75 Å². The van der Waals surface area contributed by atoms with Gasteiger partial charge in [0.1, 0.15) is 11.3 Å². The number of para-hydroxylation sites is 1. The van der Waals surface area contributed by atoms with Crippen molar-refractivity contribution in [2.45, 2.75) is 6.92 Å². The molecule has 0 aliphatic carbocycles. The number of urea groups is 1. The number of rotatable bonds is 6. The number of anilines is 2. The second kappa shape index (κ2) is 11.0. The molecule has 0 atom stereocenters. The average Bonchev–Trinajstić information content (AvgIpc) is 2.84. The number of ether oxygens (including phenoxy) is 1. The Balaban J connectivity index is 1.51. The van der Waals surface area contributed by atoms with Crippen molar-refractivity contribution in [2.24, 2.45) is 0 Å². The molecule has 0 bridgehead atoms. The van der Waals surface area contributed by atoms with Crippen LogP contribution in [0.4, 0.5) is 16.2 Å². The summed E-state index contributed by atoms with van der Waals surface area (Å²) in [5.74, 6) is -1.89. The average molecular weight is 559 g/mol. The predicted octanol–water partition coefficient (Wildman–Crippen LogP) is 5.64. The van der Waals surface area contributed by atoms with Gasteiger partial charge in [0.05, 0.1) is 21.4 Å². The molecule has 3 aromatic rings. The van der Waals surface area contributed by atoms with Crippen LogP contribution >= 0.6 is 34.8 Å². The molecule has 3 aromatic carbocycles. The highest BCUT2D eigenvalue weighted by Crippen LogP contribution is 2.30. The number of amides is 5. The van der Waals surface area contributed by atoms with Crippen molar-refractivity contribution < 1.29 is 23.9 Å². The number of hydrogen-bond acceptors (Lipinski definition) is 5. The second-order valence-corrected chi connectivity index (χ2v) is 9.15. The van der Waals surface area contributed by atoms with E-state index in [4.69, 9.17) is 39.5 Å². The van der Waals surface area contributed by atoms with Gasteiger partial charge in [-0.05, 0) is 60.5 Å². The third-order valence-electron chi connectivity index (χ3n) is 5.29. The lowest BCUT2D eigenvalue weighted by molar-refractivity contribution is -0.122. The smallest absolute Gasteiger partial charge is 0.335 e. The molecule has 1 aliphatic heterocycles. The van der Waals surface area contributed by atoms with E-state index in [0.717, 1.165) is 4.90 Å². The Bertz CT molecular complexity index is 1470. The van der Waals surface area contributed by atoms with Crippen molar-refractivity contribution in [1.82, 2.24) is 5.32 Å².